The number of H-pyrrole nitrogens is 1. The lowest BCUT2D eigenvalue weighted by Gasteiger charge is -2.34. The molecule has 1 amide bonds. The number of aromatic amines is 1. The fourth-order valence-electron chi connectivity index (χ4n) is 3.49. The first-order valence-electron chi connectivity index (χ1n) is 8.88. The van der Waals surface area contributed by atoms with Crippen LogP contribution >= 0.6 is 0 Å². The van der Waals surface area contributed by atoms with Crippen LogP contribution in [0.3, 0.4) is 0 Å². The largest absolute Gasteiger partial charge is 0.361 e. The Morgan fingerprint density at radius 3 is 2.52 bits per heavy atom. The SMILES string of the molecule is O=C(Cc1ccc2cc[nH]c2c1)N1CCN(Cc2ccccc2)CC1. The Balaban J connectivity index is 1.31. The molecule has 1 saturated heterocycles. The Hall–Kier alpha value is -2.59. The molecule has 1 N–H and O–H groups in total. The van der Waals surface area contributed by atoms with Crippen LogP contribution in [0.2, 0.25) is 0 Å². The van der Waals surface area contributed by atoms with Gasteiger partial charge in [0.1, 0.15) is 0 Å². The first kappa shape index (κ1) is 15.9. The molecule has 4 nitrogen and oxygen atoms in total. The summed E-state index contributed by atoms with van der Waals surface area (Å²) >= 11 is 0. The number of hydrogen-bond donors (Lipinski definition) is 1. The summed E-state index contributed by atoms with van der Waals surface area (Å²) in [5.41, 5.74) is 3.51. The summed E-state index contributed by atoms with van der Waals surface area (Å²) in [6, 6.07) is 18.8. The van der Waals surface area contributed by atoms with E-state index in [-0.39, 0.29) is 5.91 Å². The molecule has 0 spiro atoms. The van der Waals surface area contributed by atoms with Crippen LogP contribution in [0.15, 0.2) is 60.8 Å². The molecule has 0 unspecified atom stereocenters. The molecule has 4 heteroatoms. The number of benzene rings is 2. The molecule has 0 radical (unpaired) electrons. The van der Waals surface area contributed by atoms with Crippen LogP contribution in [-0.4, -0.2) is 46.9 Å². The van der Waals surface area contributed by atoms with Crippen molar-refractivity contribution >= 4 is 16.8 Å². The van der Waals surface area contributed by atoms with Gasteiger partial charge < -0.3 is 9.88 Å². The van der Waals surface area contributed by atoms with Gasteiger partial charge in [-0.15, -0.1) is 0 Å². The van der Waals surface area contributed by atoms with Gasteiger partial charge in [-0.05, 0) is 28.6 Å². The maximum Gasteiger partial charge on any atom is 0.227 e. The van der Waals surface area contributed by atoms with Crippen molar-refractivity contribution in [3.63, 3.8) is 0 Å². The molecule has 0 bridgehead atoms. The summed E-state index contributed by atoms with van der Waals surface area (Å²) in [5, 5.41) is 1.19. The molecular formula is C21H23N3O. The van der Waals surface area contributed by atoms with Gasteiger partial charge in [0.2, 0.25) is 5.91 Å². The molecule has 4 rings (SSSR count). The van der Waals surface area contributed by atoms with Crippen molar-refractivity contribution in [1.29, 1.82) is 0 Å². The summed E-state index contributed by atoms with van der Waals surface area (Å²) in [6.45, 7) is 4.48. The summed E-state index contributed by atoms with van der Waals surface area (Å²) in [7, 11) is 0. The lowest BCUT2D eigenvalue weighted by atomic mass is 10.1. The zero-order valence-electron chi connectivity index (χ0n) is 14.3. The molecule has 1 fully saturated rings. The molecule has 0 atom stereocenters. The monoisotopic (exact) mass is 333 g/mol. The molecule has 1 aliphatic heterocycles. The fraction of sp³-hybridized carbons (Fsp3) is 0.286. The Kier molecular flexibility index (Phi) is 4.53. The lowest BCUT2D eigenvalue weighted by molar-refractivity contribution is -0.132. The van der Waals surface area contributed by atoms with Crippen LogP contribution in [-0.2, 0) is 17.8 Å². The van der Waals surface area contributed by atoms with Crippen LogP contribution in [0.5, 0.6) is 0 Å². The number of hydrogen-bond acceptors (Lipinski definition) is 2. The molecular weight excluding hydrogens is 310 g/mol. The molecule has 1 aromatic heterocycles. The van der Waals surface area contributed by atoms with Crippen molar-refractivity contribution in [3.8, 4) is 0 Å². The Morgan fingerprint density at radius 2 is 1.72 bits per heavy atom. The second-order valence-corrected chi connectivity index (χ2v) is 6.72. The van der Waals surface area contributed by atoms with E-state index < -0.39 is 0 Å². The second kappa shape index (κ2) is 7.11. The Bertz CT molecular complexity index is 848. The zero-order chi connectivity index (χ0) is 17.1. The van der Waals surface area contributed by atoms with Crippen LogP contribution in [0.4, 0.5) is 0 Å². The van der Waals surface area contributed by atoms with Crippen molar-refractivity contribution in [3.05, 3.63) is 71.9 Å². The van der Waals surface area contributed by atoms with E-state index in [9.17, 15) is 4.79 Å². The highest BCUT2D eigenvalue weighted by molar-refractivity contribution is 5.83. The van der Waals surface area contributed by atoms with E-state index in [4.69, 9.17) is 0 Å². The van der Waals surface area contributed by atoms with Gasteiger partial charge in [-0.2, -0.15) is 0 Å². The number of aromatic nitrogens is 1. The number of nitrogens with one attached hydrogen (secondary N) is 1. The van der Waals surface area contributed by atoms with Gasteiger partial charge in [0.05, 0.1) is 6.42 Å². The van der Waals surface area contributed by atoms with Crippen LogP contribution in [0, 0.1) is 0 Å². The summed E-state index contributed by atoms with van der Waals surface area (Å²) < 4.78 is 0. The van der Waals surface area contributed by atoms with E-state index in [0.29, 0.717) is 6.42 Å². The maximum absolute atomic E-state index is 12.6. The zero-order valence-corrected chi connectivity index (χ0v) is 14.3. The number of rotatable bonds is 4. The number of fused-ring (bicyclic) bond motifs is 1. The molecule has 0 aliphatic carbocycles. The summed E-state index contributed by atoms with van der Waals surface area (Å²) in [6.07, 6.45) is 2.41. The van der Waals surface area contributed by atoms with Gasteiger partial charge in [0.15, 0.2) is 0 Å². The summed E-state index contributed by atoms with van der Waals surface area (Å²) in [5.74, 6) is 0.227. The Morgan fingerprint density at radius 1 is 0.920 bits per heavy atom. The third kappa shape index (κ3) is 3.74. The first-order valence-corrected chi connectivity index (χ1v) is 8.88. The fourth-order valence-corrected chi connectivity index (χ4v) is 3.49. The predicted octanol–water partition coefficient (Wildman–Crippen LogP) is 3.05. The molecule has 2 aromatic carbocycles. The van der Waals surface area contributed by atoms with E-state index in [1.165, 1.54) is 10.9 Å². The highest BCUT2D eigenvalue weighted by Gasteiger charge is 2.21. The minimum Gasteiger partial charge on any atom is -0.361 e. The van der Waals surface area contributed by atoms with Crippen LogP contribution < -0.4 is 0 Å². The normalized spacial score (nSPS) is 15.6. The van der Waals surface area contributed by atoms with E-state index in [1.807, 2.05) is 23.2 Å². The molecule has 0 saturated carbocycles. The Labute approximate surface area is 148 Å². The number of piperazine rings is 1. The maximum atomic E-state index is 12.6. The first-order chi connectivity index (χ1) is 12.3. The van der Waals surface area contributed by atoms with Gasteiger partial charge >= 0.3 is 0 Å². The number of carbonyl (C=O) groups excluding carboxylic acids is 1. The second-order valence-electron chi connectivity index (χ2n) is 6.72. The predicted molar refractivity (Wildman–Crippen MR) is 100 cm³/mol. The van der Waals surface area contributed by atoms with Crippen LogP contribution in [0.25, 0.3) is 10.9 Å². The lowest BCUT2D eigenvalue weighted by Crippen LogP contribution is -2.48. The van der Waals surface area contributed by atoms with Crippen molar-refractivity contribution in [2.24, 2.45) is 0 Å². The highest BCUT2D eigenvalue weighted by Crippen LogP contribution is 2.16. The highest BCUT2D eigenvalue weighted by atomic mass is 16.2. The van der Waals surface area contributed by atoms with E-state index in [2.05, 4.69) is 52.3 Å². The summed E-state index contributed by atoms with van der Waals surface area (Å²) in [4.78, 5) is 20.2. The molecule has 1 aliphatic rings. The van der Waals surface area contributed by atoms with Gasteiger partial charge in [0.25, 0.3) is 0 Å². The average Bonchev–Trinajstić information content (AvgIpc) is 3.11. The number of carbonyl (C=O) groups is 1. The topological polar surface area (TPSA) is 39.3 Å². The molecule has 128 valence electrons. The smallest absolute Gasteiger partial charge is 0.227 e. The van der Waals surface area contributed by atoms with Crippen molar-refractivity contribution in [2.75, 3.05) is 26.2 Å². The van der Waals surface area contributed by atoms with Gasteiger partial charge in [-0.3, -0.25) is 9.69 Å². The molecule has 3 aromatic rings. The molecule has 25 heavy (non-hydrogen) atoms. The third-order valence-electron chi connectivity index (χ3n) is 4.95. The minimum atomic E-state index is 0.227. The van der Waals surface area contributed by atoms with Crippen molar-refractivity contribution in [2.45, 2.75) is 13.0 Å². The molecule has 2 heterocycles. The van der Waals surface area contributed by atoms with Gasteiger partial charge in [-0.25, -0.2) is 0 Å². The minimum absolute atomic E-state index is 0.227. The van der Waals surface area contributed by atoms with E-state index in [0.717, 1.165) is 43.8 Å². The van der Waals surface area contributed by atoms with E-state index >= 15 is 0 Å². The quantitative estimate of drug-likeness (QED) is 0.797. The number of nitrogens with zero attached hydrogens (tertiary/aromatic N) is 2. The average molecular weight is 333 g/mol. The number of amides is 1. The van der Waals surface area contributed by atoms with Crippen LogP contribution in [0.1, 0.15) is 11.1 Å². The van der Waals surface area contributed by atoms with Gasteiger partial charge in [0, 0.05) is 44.4 Å². The van der Waals surface area contributed by atoms with E-state index in [1.54, 1.807) is 0 Å². The third-order valence-corrected chi connectivity index (χ3v) is 4.95. The standard InChI is InChI=1S/C21H23N3O/c25-21(15-18-6-7-19-8-9-22-20(19)14-18)24-12-10-23(11-13-24)16-17-4-2-1-3-5-17/h1-9,14,22H,10-13,15-16H2. The van der Waals surface area contributed by atoms with Crippen molar-refractivity contribution in [1.82, 2.24) is 14.8 Å². The van der Waals surface area contributed by atoms with Crippen molar-refractivity contribution < 1.29 is 4.79 Å². The van der Waals surface area contributed by atoms with Gasteiger partial charge in [-0.1, -0.05) is 42.5 Å².